The Morgan fingerprint density at radius 3 is 2.42 bits per heavy atom. The van der Waals surface area contributed by atoms with Crippen LogP contribution in [0.4, 0.5) is 0 Å². The van der Waals surface area contributed by atoms with Crippen molar-refractivity contribution in [2.45, 2.75) is 62.1 Å². The third-order valence-corrected chi connectivity index (χ3v) is 8.37. The van der Waals surface area contributed by atoms with Crippen molar-refractivity contribution in [1.29, 1.82) is 0 Å². The number of ether oxygens (including phenoxy) is 1. The van der Waals surface area contributed by atoms with Crippen molar-refractivity contribution in [1.82, 2.24) is 9.62 Å². The van der Waals surface area contributed by atoms with E-state index in [2.05, 4.69) is 37.6 Å². The summed E-state index contributed by atoms with van der Waals surface area (Å²) in [5, 5.41) is 1.75. The van der Waals surface area contributed by atoms with Crippen LogP contribution < -0.4 is 9.46 Å². The van der Waals surface area contributed by atoms with Gasteiger partial charge in [0.05, 0.1) is 6.61 Å². The number of benzene rings is 1. The second kappa shape index (κ2) is 10.1. The standard InChI is InChI=1S/C23H32N2O4S2/c1-23(2,3)18-8-10-20(11-9-18)29-16-4-6-21(26)25-14-12-19(13-15-25)24-31(27,28)22-7-5-17-30-22/h5,7-11,17,19,24H,4,6,12-16H2,1-3H3. The number of amides is 1. The predicted molar refractivity (Wildman–Crippen MR) is 124 cm³/mol. The summed E-state index contributed by atoms with van der Waals surface area (Å²) < 4.78 is 33.6. The Bertz CT molecular complexity index is 940. The average Bonchev–Trinajstić information content (AvgIpc) is 3.27. The summed E-state index contributed by atoms with van der Waals surface area (Å²) in [6.07, 6.45) is 2.36. The first-order valence-corrected chi connectivity index (χ1v) is 13.1. The maximum absolute atomic E-state index is 12.5. The number of carbonyl (C=O) groups is 1. The van der Waals surface area contributed by atoms with Crippen molar-refractivity contribution in [3.05, 3.63) is 47.3 Å². The number of nitrogens with one attached hydrogen (secondary N) is 1. The molecule has 31 heavy (non-hydrogen) atoms. The lowest BCUT2D eigenvalue weighted by Crippen LogP contribution is -2.46. The molecule has 0 bridgehead atoms. The number of sulfonamides is 1. The molecule has 0 saturated carbocycles. The zero-order valence-electron chi connectivity index (χ0n) is 18.5. The quantitative estimate of drug-likeness (QED) is 0.595. The molecule has 3 rings (SSSR count). The van der Waals surface area contributed by atoms with E-state index in [9.17, 15) is 13.2 Å². The van der Waals surface area contributed by atoms with E-state index in [1.807, 2.05) is 17.0 Å². The molecule has 0 unspecified atom stereocenters. The van der Waals surface area contributed by atoms with E-state index in [0.717, 1.165) is 5.75 Å². The highest BCUT2D eigenvalue weighted by atomic mass is 32.2. The van der Waals surface area contributed by atoms with Crippen LogP contribution in [0.2, 0.25) is 0 Å². The molecule has 8 heteroatoms. The Labute approximate surface area is 189 Å². The molecule has 1 fully saturated rings. The minimum atomic E-state index is -3.46. The molecule has 1 aliphatic rings. The molecule has 0 atom stereocenters. The van der Waals surface area contributed by atoms with Crippen molar-refractivity contribution in [3.8, 4) is 5.75 Å². The average molecular weight is 465 g/mol. The van der Waals surface area contributed by atoms with Gasteiger partial charge in [0.2, 0.25) is 15.9 Å². The summed E-state index contributed by atoms with van der Waals surface area (Å²) in [4.78, 5) is 14.3. The van der Waals surface area contributed by atoms with Gasteiger partial charge in [0.1, 0.15) is 9.96 Å². The lowest BCUT2D eigenvalue weighted by molar-refractivity contribution is -0.132. The molecule has 1 saturated heterocycles. The van der Waals surface area contributed by atoms with Gasteiger partial charge in [-0.05, 0) is 53.8 Å². The summed E-state index contributed by atoms with van der Waals surface area (Å²) >= 11 is 1.21. The topological polar surface area (TPSA) is 75.7 Å². The van der Waals surface area contributed by atoms with Crippen LogP contribution in [0, 0.1) is 0 Å². The minimum Gasteiger partial charge on any atom is -0.494 e. The second-order valence-electron chi connectivity index (χ2n) is 8.93. The summed E-state index contributed by atoms with van der Waals surface area (Å²) in [6, 6.07) is 11.3. The van der Waals surface area contributed by atoms with Gasteiger partial charge in [0.15, 0.2) is 0 Å². The predicted octanol–water partition coefficient (Wildman–Crippen LogP) is 4.17. The molecule has 2 aromatic rings. The Morgan fingerprint density at radius 2 is 1.84 bits per heavy atom. The number of carbonyl (C=O) groups excluding carboxylic acids is 1. The summed E-state index contributed by atoms with van der Waals surface area (Å²) in [6.45, 7) is 8.18. The maximum atomic E-state index is 12.5. The van der Waals surface area contributed by atoms with Gasteiger partial charge in [-0.1, -0.05) is 39.0 Å². The van der Waals surface area contributed by atoms with Gasteiger partial charge in [-0.15, -0.1) is 11.3 Å². The van der Waals surface area contributed by atoms with Crippen LogP contribution in [0.5, 0.6) is 5.75 Å². The van der Waals surface area contributed by atoms with Gasteiger partial charge < -0.3 is 9.64 Å². The van der Waals surface area contributed by atoms with E-state index in [1.54, 1.807) is 17.5 Å². The van der Waals surface area contributed by atoms with Crippen LogP contribution in [0.3, 0.4) is 0 Å². The highest BCUT2D eigenvalue weighted by Gasteiger charge is 2.26. The highest BCUT2D eigenvalue weighted by molar-refractivity contribution is 7.91. The number of rotatable bonds is 8. The Hall–Kier alpha value is -1.90. The van der Waals surface area contributed by atoms with Crippen molar-refractivity contribution >= 4 is 27.3 Å². The van der Waals surface area contributed by atoms with Gasteiger partial charge in [-0.25, -0.2) is 13.1 Å². The molecule has 1 aliphatic heterocycles. The minimum absolute atomic E-state index is 0.103. The lowest BCUT2D eigenvalue weighted by Gasteiger charge is -2.32. The number of nitrogens with zero attached hydrogens (tertiary/aromatic N) is 1. The fraction of sp³-hybridized carbons (Fsp3) is 0.522. The summed E-state index contributed by atoms with van der Waals surface area (Å²) in [5.74, 6) is 0.922. The largest absolute Gasteiger partial charge is 0.494 e. The van der Waals surface area contributed by atoms with Crippen LogP contribution in [0.1, 0.15) is 52.0 Å². The first kappa shape index (κ1) is 23.8. The van der Waals surface area contributed by atoms with Crippen molar-refractivity contribution in [2.24, 2.45) is 0 Å². The Kier molecular flexibility index (Phi) is 7.78. The highest BCUT2D eigenvalue weighted by Crippen LogP contribution is 2.24. The monoisotopic (exact) mass is 464 g/mol. The number of thiophene rings is 1. The van der Waals surface area contributed by atoms with E-state index >= 15 is 0 Å². The fourth-order valence-electron chi connectivity index (χ4n) is 3.56. The third-order valence-electron chi connectivity index (χ3n) is 5.45. The molecular formula is C23H32N2O4S2. The maximum Gasteiger partial charge on any atom is 0.250 e. The summed E-state index contributed by atoms with van der Waals surface area (Å²) in [5.41, 5.74) is 1.37. The fourth-order valence-corrected chi connectivity index (χ4v) is 5.88. The number of piperidine rings is 1. The molecule has 0 spiro atoms. The van der Waals surface area contributed by atoms with Crippen molar-refractivity contribution < 1.29 is 17.9 Å². The molecule has 1 amide bonds. The zero-order chi connectivity index (χ0) is 22.5. The molecule has 2 heterocycles. The Morgan fingerprint density at radius 1 is 1.16 bits per heavy atom. The molecule has 6 nitrogen and oxygen atoms in total. The van der Waals surface area contributed by atoms with Crippen LogP contribution >= 0.6 is 11.3 Å². The van der Waals surface area contributed by atoms with E-state index in [1.165, 1.54) is 16.9 Å². The molecule has 1 aromatic heterocycles. The van der Waals surface area contributed by atoms with Crippen molar-refractivity contribution in [2.75, 3.05) is 19.7 Å². The molecule has 0 radical (unpaired) electrons. The SMILES string of the molecule is CC(C)(C)c1ccc(OCCCC(=O)N2CCC(NS(=O)(=O)c3cccs3)CC2)cc1. The Balaban J connectivity index is 1.36. The normalized spacial score (nSPS) is 15.8. The summed E-state index contributed by atoms with van der Waals surface area (Å²) in [7, 11) is -3.46. The lowest BCUT2D eigenvalue weighted by atomic mass is 9.87. The number of hydrogen-bond donors (Lipinski definition) is 1. The smallest absolute Gasteiger partial charge is 0.250 e. The number of likely N-dealkylation sites (tertiary alicyclic amines) is 1. The molecule has 0 aliphatic carbocycles. The first-order chi connectivity index (χ1) is 14.6. The first-order valence-electron chi connectivity index (χ1n) is 10.7. The van der Waals surface area contributed by atoms with Crippen LogP contribution in [0.15, 0.2) is 46.0 Å². The van der Waals surface area contributed by atoms with Gasteiger partial charge in [0.25, 0.3) is 0 Å². The van der Waals surface area contributed by atoms with Gasteiger partial charge in [-0.3, -0.25) is 4.79 Å². The molecular weight excluding hydrogens is 432 g/mol. The van der Waals surface area contributed by atoms with Gasteiger partial charge in [0, 0.05) is 25.6 Å². The van der Waals surface area contributed by atoms with Crippen LogP contribution in [-0.2, 0) is 20.2 Å². The van der Waals surface area contributed by atoms with E-state index in [4.69, 9.17) is 4.74 Å². The zero-order valence-corrected chi connectivity index (χ0v) is 20.1. The van der Waals surface area contributed by atoms with E-state index < -0.39 is 10.0 Å². The van der Waals surface area contributed by atoms with Crippen LogP contribution in [0.25, 0.3) is 0 Å². The van der Waals surface area contributed by atoms with E-state index in [-0.39, 0.29) is 17.4 Å². The van der Waals surface area contributed by atoms with E-state index in [0.29, 0.717) is 49.6 Å². The number of hydrogen-bond acceptors (Lipinski definition) is 5. The van der Waals surface area contributed by atoms with Crippen molar-refractivity contribution in [3.63, 3.8) is 0 Å². The second-order valence-corrected chi connectivity index (χ2v) is 11.8. The van der Waals surface area contributed by atoms with Gasteiger partial charge in [-0.2, -0.15) is 0 Å². The molecule has 1 N–H and O–H groups in total. The van der Waals surface area contributed by atoms with Crippen LogP contribution in [-0.4, -0.2) is 45.0 Å². The molecule has 170 valence electrons. The third kappa shape index (κ3) is 6.79. The van der Waals surface area contributed by atoms with Gasteiger partial charge >= 0.3 is 0 Å². The molecule has 1 aromatic carbocycles.